The molecule has 2 aromatic rings. The van der Waals surface area contributed by atoms with Crippen molar-refractivity contribution in [3.8, 4) is 5.88 Å². The van der Waals surface area contributed by atoms with Crippen LogP contribution in [0.4, 0.5) is 5.69 Å². The van der Waals surface area contributed by atoms with E-state index in [0.717, 1.165) is 5.56 Å². The van der Waals surface area contributed by atoms with E-state index >= 15 is 0 Å². The third-order valence-corrected chi connectivity index (χ3v) is 3.55. The van der Waals surface area contributed by atoms with Gasteiger partial charge in [0, 0.05) is 36.9 Å². The number of aromatic nitrogens is 1. The van der Waals surface area contributed by atoms with Crippen LogP contribution < -0.4 is 5.48 Å². The van der Waals surface area contributed by atoms with Crippen LogP contribution in [0.2, 0.25) is 0 Å². The van der Waals surface area contributed by atoms with E-state index in [0.29, 0.717) is 24.9 Å². The molecule has 1 amide bonds. The van der Waals surface area contributed by atoms with Crippen LogP contribution >= 0.6 is 0 Å². The molecule has 1 aromatic carbocycles. The number of rotatable bonds is 7. The van der Waals surface area contributed by atoms with Gasteiger partial charge >= 0.3 is 0 Å². The van der Waals surface area contributed by atoms with Crippen LogP contribution in [0.25, 0.3) is 0 Å². The molecule has 0 spiro atoms. The summed E-state index contributed by atoms with van der Waals surface area (Å²) >= 11 is 0. The second-order valence-electron chi connectivity index (χ2n) is 5.07. The van der Waals surface area contributed by atoms with E-state index in [9.17, 15) is 20.0 Å². The second kappa shape index (κ2) is 7.41. The summed E-state index contributed by atoms with van der Waals surface area (Å²) in [7, 11) is 0. The second-order valence-corrected chi connectivity index (χ2v) is 5.07. The van der Waals surface area contributed by atoms with Crippen LogP contribution in [0, 0.1) is 10.1 Å². The summed E-state index contributed by atoms with van der Waals surface area (Å²) in [6.45, 7) is 0.510. The number of carbonyl (C=O) groups is 1. The molecule has 1 aromatic heterocycles. The Bertz CT molecular complexity index is 694. The van der Waals surface area contributed by atoms with E-state index in [1.807, 2.05) is 0 Å². The maximum atomic E-state index is 11.0. The molecule has 0 unspecified atom stereocenters. The first kappa shape index (κ1) is 16.5. The van der Waals surface area contributed by atoms with Crippen molar-refractivity contribution < 1.29 is 20.0 Å². The lowest BCUT2D eigenvalue weighted by Crippen LogP contribution is -2.18. The van der Waals surface area contributed by atoms with Gasteiger partial charge in [-0.15, -0.1) is 0 Å². The van der Waals surface area contributed by atoms with Crippen LogP contribution in [0.5, 0.6) is 5.88 Å². The van der Waals surface area contributed by atoms with Crippen molar-refractivity contribution in [2.75, 3.05) is 0 Å². The molecule has 0 aliphatic heterocycles. The van der Waals surface area contributed by atoms with Gasteiger partial charge in [-0.3, -0.25) is 20.1 Å². The van der Waals surface area contributed by atoms with Gasteiger partial charge in [-0.2, -0.15) is 0 Å². The molecule has 0 radical (unpaired) electrons. The molecule has 1 heterocycles. The molecule has 0 bridgehead atoms. The average molecular weight is 319 g/mol. The Balaban J connectivity index is 1.94. The van der Waals surface area contributed by atoms with Crippen molar-refractivity contribution in [2.45, 2.75) is 25.8 Å². The molecule has 0 aliphatic rings. The van der Waals surface area contributed by atoms with Gasteiger partial charge in [0.25, 0.3) is 5.69 Å². The fourth-order valence-corrected chi connectivity index (χ4v) is 2.22. The number of aryl methyl sites for hydroxylation is 3. The van der Waals surface area contributed by atoms with Crippen LogP contribution in [0.15, 0.2) is 36.5 Å². The number of hydrogen-bond acceptors (Lipinski definition) is 5. The number of nitro benzene ring substituents is 1. The number of nitrogens with zero attached hydrogens (tertiary/aromatic N) is 2. The van der Waals surface area contributed by atoms with Gasteiger partial charge in [-0.25, -0.2) is 5.48 Å². The predicted molar refractivity (Wildman–Crippen MR) is 81.1 cm³/mol. The zero-order valence-corrected chi connectivity index (χ0v) is 12.3. The Labute approximate surface area is 132 Å². The van der Waals surface area contributed by atoms with E-state index in [-0.39, 0.29) is 18.0 Å². The molecule has 0 aliphatic carbocycles. The van der Waals surface area contributed by atoms with Crippen molar-refractivity contribution in [3.63, 3.8) is 0 Å². The zero-order valence-electron chi connectivity index (χ0n) is 12.3. The summed E-state index contributed by atoms with van der Waals surface area (Å²) in [6, 6.07) is 7.99. The first-order valence-electron chi connectivity index (χ1n) is 7.04. The largest absolute Gasteiger partial charge is 0.494 e. The highest BCUT2D eigenvalue weighted by molar-refractivity contribution is 5.74. The molecule has 2 rings (SSSR count). The van der Waals surface area contributed by atoms with Gasteiger partial charge in [0.2, 0.25) is 5.91 Å². The van der Waals surface area contributed by atoms with E-state index in [1.165, 1.54) is 12.1 Å². The highest BCUT2D eigenvalue weighted by atomic mass is 16.6. The summed E-state index contributed by atoms with van der Waals surface area (Å²) < 4.78 is 1.65. The van der Waals surface area contributed by atoms with E-state index in [1.54, 1.807) is 34.4 Å². The minimum Gasteiger partial charge on any atom is -0.494 e. The van der Waals surface area contributed by atoms with Crippen LogP contribution in [-0.4, -0.2) is 25.7 Å². The van der Waals surface area contributed by atoms with Crippen molar-refractivity contribution in [1.82, 2.24) is 10.0 Å². The molecule has 8 nitrogen and oxygen atoms in total. The first-order chi connectivity index (χ1) is 11.0. The Morgan fingerprint density at radius 1 is 1.22 bits per heavy atom. The molecule has 3 N–H and O–H groups in total. The summed E-state index contributed by atoms with van der Waals surface area (Å²) in [5, 5.41) is 29.1. The van der Waals surface area contributed by atoms with Crippen LogP contribution in [-0.2, 0) is 24.2 Å². The van der Waals surface area contributed by atoms with Gasteiger partial charge in [-0.05, 0) is 24.5 Å². The predicted octanol–water partition coefficient (Wildman–Crippen LogP) is 1.78. The number of non-ortho nitro benzene ring substituents is 1. The lowest BCUT2D eigenvalue weighted by atomic mass is 10.1. The highest BCUT2D eigenvalue weighted by Gasteiger charge is 2.10. The third-order valence-electron chi connectivity index (χ3n) is 3.55. The maximum absolute atomic E-state index is 11.0. The third kappa shape index (κ3) is 4.30. The Morgan fingerprint density at radius 2 is 1.91 bits per heavy atom. The van der Waals surface area contributed by atoms with Crippen molar-refractivity contribution in [2.24, 2.45) is 0 Å². The minimum atomic E-state index is -0.511. The molecule has 8 heteroatoms. The molecule has 0 fully saturated rings. The number of carbonyl (C=O) groups excluding carboxylic acids is 1. The van der Waals surface area contributed by atoms with Gasteiger partial charge in [0.15, 0.2) is 5.88 Å². The van der Waals surface area contributed by atoms with E-state index in [4.69, 9.17) is 5.21 Å². The molecule has 122 valence electrons. The minimum absolute atomic E-state index is 0.0435. The Hall–Kier alpha value is -2.87. The number of nitrogens with one attached hydrogen (secondary N) is 1. The molecule has 0 saturated heterocycles. The highest BCUT2D eigenvalue weighted by Crippen LogP contribution is 2.21. The van der Waals surface area contributed by atoms with Gasteiger partial charge in [-0.1, -0.05) is 12.1 Å². The SMILES string of the molecule is O=C(CCc1ccn(CCc2ccc([N+](=O)[O-])cc2)c1O)NO. The fraction of sp³-hybridized carbons (Fsp3) is 0.267. The summed E-state index contributed by atoms with van der Waals surface area (Å²) in [5.74, 6) is -0.430. The summed E-state index contributed by atoms with van der Waals surface area (Å²) in [4.78, 5) is 21.1. The van der Waals surface area contributed by atoms with Crippen molar-refractivity contribution in [1.29, 1.82) is 0 Å². The van der Waals surface area contributed by atoms with Gasteiger partial charge in [0.1, 0.15) is 0 Å². The standard InChI is InChI=1S/C15H17N3O5/c19-14(16-21)6-3-12-8-10-17(15(12)20)9-7-11-1-4-13(5-2-11)18(22)23/h1-2,4-5,8,10,20-21H,3,6-7,9H2,(H,16,19). The molecular formula is C15H17N3O5. The van der Waals surface area contributed by atoms with Gasteiger partial charge < -0.3 is 9.67 Å². The van der Waals surface area contributed by atoms with Crippen LogP contribution in [0.3, 0.4) is 0 Å². The zero-order chi connectivity index (χ0) is 16.8. The molecule has 23 heavy (non-hydrogen) atoms. The Kier molecular flexibility index (Phi) is 5.32. The quantitative estimate of drug-likeness (QED) is 0.408. The molecule has 0 saturated carbocycles. The smallest absolute Gasteiger partial charge is 0.269 e. The van der Waals surface area contributed by atoms with Crippen molar-refractivity contribution in [3.05, 3.63) is 57.8 Å². The average Bonchev–Trinajstić information content (AvgIpc) is 2.91. The van der Waals surface area contributed by atoms with E-state index in [2.05, 4.69) is 0 Å². The number of amides is 1. The normalized spacial score (nSPS) is 10.5. The van der Waals surface area contributed by atoms with Gasteiger partial charge in [0.05, 0.1) is 4.92 Å². The van der Waals surface area contributed by atoms with Crippen molar-refractivity contribution >= 4 is 11.6 Å². The van der Waals surface area contributed by atoms with E-state index < -0.39 is 10.8 Å². The fourth-order valence-electron chi connectivity index (χ4n) is 2.22. The summed E-state index contributed by atoms with van der Waals surface area (Å²) in [6.07, 6.45) is 2.73. The number of hydroxylamine groups is 1. The number of nitro groups is 1. The lowest BCUT2D eigenvalue weighted by Gasteiger charge is -2.06. The topological polar surface area (TPSA) is 118 Å². The molecule has 0 atom stereocenters. The molecular weight excluding hydrogens is 302 g/mol. The number of benzene rings is 1. The monoisotopic (exact) mass is 319 g/mol. The number of aromatic hydroxyl groups is 1. The van der Waals surface area contributed by atoms with Crippen LogP contribution in [0.1, 0.15) is 17.5 Å². The Morgan fingerprint density at radius 3 is 2.52 bits per heavy atom. The first-order valence-corrected chi connectivity index (χ1v) is 7.04. The lowest BCUT2D eigenvalue weighted by molar-refractivity contribution is -0.384. The maximum Gasteiger partial charge on any atom is 0.269 e. The number of hydrogen-bond donors (Lipinski definition) is 3. The summed E-state index contributed by atoms with van der Waals surface area (Å²) in [5.41, 5.74) is 3.13.